The van der Waals surface area contributed by atoms with Crippen molar-refractivity contribution in [2.24, 2.45) is 5.92 Å². The molecule has 0 N–H and O–H groups in total. The van der Waals surface area contributed by atoms with Crippen molar-refractivity contribution in [1.29, 1.82) is 0 Å². The normalized spacial score (nSPS) is 22.3. The summed E-state index contributed by atoms with van der Waals surface area (Å²) < 4.78 is 0. The standard InChI is InChI=1S/C17H23NO2S/c19-14-8-10-18(11-9-14)17(20)16(15-7-4-12-21-15)13-5-2-1-3-6-13/h4,7,12-13,16H,1-3,5-6,8-11H2. The predicted molar refractivity (Wildman–Crippen MR) is 84.5 cm³/mol. The number of amides is 1. The molecule has 1 aromatic rings. The molecule has 1 saturated heterocycles. The van der Waals surface area contributed by atoms with Gasteiger partial charge in [-0.05, 0) is 30.2 Å². The van der Waals surface area contributed by atoms with Gasteiger partial charge < -0.3 is 4.90 Å². The van der Waals surface area contributed by atoms with Crippen LogP contribution in [0, 0.1) is 5.92 Å². The van der Waals surface area contributed by atoms with Gasteiger partial charge in [-0.3, -0.25) is 9.59 Å². The Morgan fingerprint density at radius 1 is 1.19 bits per heavy atom. The first-order chi connectivity index (χ1) is 10.3. The van der Waals surface area contributed by atoms with Gasteiger partial charge in [0.15, 0.2) is 0 Å². The Morgan fingerprint density at radius 2 is 1.90 bits per heavy atom. The Hall–Kier alpha value is -1.16. The molecule has 21 heavy (non-hydrogen) atoms. The number of nitrogens with zero attached hydrogens (tertiary/aromatic N) is 1. The van der Waals surface area contributed by atoms with Gasteiger partial charge in [-0.25, -0.2) is 0 Å². The number of Topliss-reactive ketones (excluding diaryl/α,β-unsaturated/α-hetero) is 1. The lowest BCUT2D eigenvalue weighted by Crippen LogP contribution is -2.43. The van der Waals surface area contributed by atoms with Crippen LogP contribution >= 0.6 is 11.3 Å². The second kappa shape index (κ2) is 6.73. The molecule has 0 spiro atoms. The molecule has 0 radical (unpaired) electrons. The van der Waals surface area contributed by atoms with Crippen LogP contribution in [-0.2, 0) is 9.59 Å². The van der Waals surface area contributed by atoms with Crippen molar-refractivity contribution in [3.63, 3.8) is 0 Å². The number of piperidine rings is 1. The molecule has 1 aliphatic carbocycles. The van der Waals surface area contributed by atoms with Crippen molar-refractivity contribution in [2.45, 2.75) is 50.9 Å². The van der Waals surface area contributed by atoms with Gasteiger partial charge in [-0.1, -0.05) is 25.3 Å². The van der Waals surface area contributed by atoms with E-state index in [0.717, 1.165) is 0 Å². The van der Waals surface area contributed by atoms with E-state index < -0.39 is 0 Å². The summed E-state index contributed by atoms with van der Waals surface area (Å²) in [4.78, 5) is 27.6. The van der Waals surface area contributed by atoms with E-state index in [-0.39, 0.29) is 11.8 Å². The number of hydrogen-bond acceptors (Lipinski definition) is 3. The fourth-order valence-electron chi connectivity index (χ4n) is 3.66. The van der Waals surface area contributed by atoms with Crippen LogP contribution in [0.25, 0.3) is 0 Å². The summed E-state index contributed by atoms with van der Waals surface area (Å²) in [5.74, 6) is 1.07. The van der Waals surface area contributed by atoms with E-state index in [0.29, 0.717) is 37.6 Å². The third kappa shape index (κ3) is 3.37. The number of rotatable bonds is 3. The third-order valence-electron chi connectivity index (χ3n) is 4.87. The highest BCUT2D eigenvalue weighted by Gasteiger charge is 2.35. The molecule has 1 unspecified atom stereocenters. The molecule has 114 valence electrons. The first-order valence-corrected chi connectivity index (χ1v) is 8.97. The second-order valence-electron chi connectivity index (χ2n) is 6.26. The molecule has 2 aliphatic rings. The fourth-order valence-corrected chi connectivity index (χ4v) is 4.58. The Labute approximate surface area is 130 Å². The van der Waals surface area contributed by atoms with Gasteiger partial charge >= 0.3 is 0 Å². The van der Waals surface area contributed by atoms with Crippen molar-refractivity contribution in [2.75, 3.05) is 13.1 Å². The molecular weight excluding hydrogens is 282 g/mol. The molecule has 1 amide bonds. The number of likely N-dealkylation sites (tertiary alicyclic amines) is 1. The summed E-state index contributed by atoms with van der Waals surface area (Å²) in [6.45, 7) is 1.23. The van der Waals surface area contributed by atoms with Crippen LogP contribution in [0.2, 0.25) is 0 Å². The minimum atomic E-state index is 0.0264. The predicted octanol–water partition coefficient (Wildman–Crippen LogP) is 3.60. The molecule has 2 heterocycles. The summed E-state index contributed by atoms with van der Waals surface area (Å²) >= 11 is 1.70. The largest absolute Gasteiger partial charge is 0.341 e. The zero-order chi connectivity index (χ0) is 14.7. The van der Waals surface area contributed by atoms with Crippen LogP contribution in [0.5, 0.6) is 0 Å². The molecule has 4 heteroatoms. The van der Waals surface area contributed by atoms with Crippen LogP contribution in [0.15, 0.2) is 17.5 Å². The van der Waals surface area contributed by atoms with Crippen molar-refractivity contribution >= 4 is 23.0 Å². The number of carbonyl (C=O) groups excluding carboxylic acids is 2. The van der Waals surface area contributed by atoms with E-state index in [1.165, 1.54) is 37.0 Å². The topological polar surface area (TPSA) is 37.4 Å². The average molecular weight is 305 g/mol. The van der Waals surface area contributed by atoms with Crippen molar-refractivity contribution < 1.29 is 9.59 Å². The van der Waals surface area contributed by atoms with Gasteiger partial charge in [0.1, 0.15) is 5.78 Å². The number of ketones is 1. The smallest absolute Gasteiger partial charge is 0.231 e. The molecular formula is C17H23NO2S. The summed E-state index contributed by atoms with van der Waals surface area (Å²) in [5, 5.41) is 2.07. The molecule has 1 saturated carbocycles. The van der Waals surface area contributed by atoms with E-state index in [9.17, 15) is 9.59 Å². The average Bonchev–Trinajstić information content (AvgIpc) is 3.03. The van der Waals surface area contributed by atoms with Gasteiger partial charge in [-0.2, -0.15) is 0 Å². The van der Waals surface area contributed by atoms with Crippen LogP contribution in [0.3, 0.4) is 0 Å². The quantitative estimate of drug-likeness (QED) is 0.855. The van der Waals surface area contributed by atoms with Crippen LogP contribution in [0.1, 0.15) is 55.7 Å². The highest BCUT2D eigenvalue weighted by molar-refractivity contribution is 7.10. The minimum Gasteiger partial charge on any atom is -0.341 e. The van der Waals surface area contributed by atoms with Gasteiger partial charge in [0, 0.05) is 30.8 Å². The monoisotopic (exact) mass is 305 g/mol. The highest BCUT2D eigenvalue weighted by Crippen LogP contribution is 2.39. The van der Waals surface area contributed by atoms with Gasteiger partial charge in [0.25, 0.3) is 0 Å². The number of carbonyl (C=O) groups is 2. The maximum Gasteiger partial charge on any atom is 0.231 e. The minimum absolute atomic E-state index is 0.0264. The van der Waals surface area contributed by atoms with Crippen molar-refractivity contribution in [3.05, 3.63) is 22.4 Å². The summed E-state index contributed by atoms with van der Waals surface area (Å²) in [5.41, 5.74) is 0. The van der Waals surface area contributed by atoms with Gasteiger partial charge in [0.05, 0.1) is 5.92 Å². The fraction of sp³-hybridized carbons (Fsp3) is 0.647. The zero-order valence-electron chi connectivity index (χ0n) is 12.4. The molecule has 1 atom stereocenters. The Balaban J connectivity index is 1.77. The number of hydrogen-bond donors (Lipinski definition) is 0. The lowest BCUT2D eigenvalue weighted by atomic mass is 9.78. The van der Waals surface area contributed by atoms with Gasteiger partial charge in [-0.15, -0.1) is 11.3 Å². The second-order valence-corrected chi connectivity index (χ2v) is 7.23. The lowest BCUT2D eigenvalue weighted by molar-refractivity contribution is -0.137. The van der Waals surface area contributed by atoms with Crippen LogP contribution in [-0.4, -0.2) is 29.7 Å². The third-order valence-corrected chi connectivity index (χ3v) is 5.83. The molecule has 3 rings (SSSR count). The first-order valence-electron chi connectivity index (χ1n) is 8.09. The van der Waals surface area contributed by atoms with E-state index in [1.54, 1.807) is 11.3 Å². The zero-order valence-corrected chi connectivity index (χ0v) is 13.2. The molecule has 0 bridgehead atoms. The Morgan fingerprint density at radius 3 is 2.52 bits per heavy atom. The SMILES string of the molecule is O=C1CCN(C(=O)C(c2cccs2)C2CCCCC2)CC1. The Bertz CT molecular complexity index is 481. The number of thiophene rings is 1. The lowest BCUT2D eigenvalue weighted by Gasteiger charge is -2.34. The maximum atomic E-state index is 13.0. The summed E-state index contributed by atoms with van der Waals surface area (Å²) in [6.07, 6.45) is 7.21. The van der Waals surface area contributed by atoms with Crippen LogP contribution in [0.4, 0.5) is 0 Å². The van der Waals surface area contributed by atoms with Crippen LogP contribution < -0.4 is 0 Å². The molecule has 1 aromatic heterocycles. The highest BCUT2D eigenvalue weighted by atomic mass is 32.1. The maximum absolute atomic E-state index is 13.0. The molecule has 3 nitrogen and oxygen atoms in total. The van der Waals surface area contributed by atoms with Crippen molar-refractivity contribution in [1.82, 2.24) is 4.90 Å². The van der Waals surface area contributed by atoms with Gasteiger partial charge in [0.2, 0.25) is 5.91 Å². The van der Waals surface area contributed by atoms with E-state index in [2.05, 4.69) is 11.4 Å². The molecule has 1 aliphatic heterocycles. The van der Waals surface area contributed by atoms with E-state index >= 15 is 0 Å². The van der Waals surface area contributed by atoms with E-state index in [4.69, 9.17) is 0 Å². The first kappa shape index (κ1) is 14.8. The summed E-state index contributed by atoms with van der Waals surface area (Å²) in [6, 6.07) is 4.15. The van der Waals surface area contributed by atoms with E-state index in [1.807, 2.05) is 11.0 Å². The molecule has 2 fully saturated rings. The summed E-state index contributed by atoms with van der Waals surface area (Å²) in [7, 11) is 0. The Kier molecular flexibility index (Phi) is 4.73. The molecule has 0 aromatic carbocycles. The van der Waals surface area contributed by atoms with Crippen molar-refractivity contribution in [3.8, 4) is 0 Å².